The molecule has 0 radical (unpaired) electrons. The predicted molar refractivity (Wildman–Crippen MR) is 70.5 cm³/mol. The fraction of sp³-hybridized carbons (Fsp3) is 0.0769. The van der Waals surface area contributed by atoms with Crippen LogP contribution in [-0.2, 0) is 7.05 Å². The molecular formula is C13H13N3O2. The number of hydrogen-bond donors (Lipinski definition) is 2. The highest BCUT2D eigenvalue weighted by molar-refractivity contribution is 6.04. The molecule has 0 fully saturated rings. The predicted octanol–water partition coefficient (Wildman–Crippen LogP) is 1.22. The molecule has 0 aliphatic rings. The zero-order valence-corrected chi connectivity index (χ0v) is 9.88. The van der Waals surface area contributed by atoms with Gasteiger partial charge in [0, 0.05) is 24.5 Å². The number of aromatic nitrogens is 1. The first kappa shape index (κ1) is 11.9. The zero-order chi connectivity index (χ0) is 13.1. The van der Waals surface area contributed by atoms with E-state index in [1.807, 2.05) is 0 Å². The van der Waals surface area contributed by atoms with Gasteiger partial charge in [0.25, 0.3) is 11.5 Å². The summed E-state index contributed by atoms with van der Waals surface area (Å²) in [6.45, 7) is 0. The van der Waals surface area contributed by atoms with Gasteiger partial charge in [0.15, 0.2) is 0 Å². The number of nitrogens with zero attached hydrogens (tertiary/aromatic N) is 1. The smallest absolute Gasteiger partial charge is 0.274 e. The number of rotatable bonds is 2. The van der Waals surface area contributed by atoms with Crippen molar-refractivity contribution in [3.8, 4) is 0 Å². The van der Waals surface area contributed by atoms with Crippen LogP contribution in [0.15, 0.2) is 47.4 Å². The van der Waals surface area contributed by atoms with Crippen molar-refractivity contribution < 1.29 is 4.79 Å². The molecule has 0 aliphatic heterocycles. The molecule has 2 aromatic rings. The fourth-order valence-corrected chi connectivity index (χ4v) is 1.57. The number of amides is 1. The van der Waals surface area contributed by atoms with E-state index in [9.17, 15) is 9.59 Å². The van der Waals surface area contributed by atoms with Crippen LogP contribution in [0.3, 0.4) is 0 Å². The largest absolute Gasteiger partial charge is 0.399 e. The molecule has 1 aromatic heterocycles. The van der Waals surface area contributed by atoms with Crippen LogP contribution in [0.5, 0.6) is 0 Å². The Morgan fingerprint density at radius 1 is 1.28 bits per heavy atom. The van der Waals surface area contributed by atoms with Gasteiger partial charge in [0.1, 0.15) is 5.69 Å². The van der Waals surface area contributed by atoms with Crippen molar-refractivity contribution >= 4 is 17.3 Å². The fourth-order valence-electron chi connectivity index (χ4n) is 1.57. The van der Waals surface area contributed by atoms with Crippen molar-refractivity contribution in [2.45, 2.75) is 0 Å². The average molecular weight is 243 g/mol. The highest BCUT2D eigenvalue weighted by Gasteiger charge is 2.08. The number of aryl methyl sites for hydroxylation is 1. The Morgan fingerprint density at radius 3 is 2.78 bits per heavy atom. The lowest BCUT2D eigenvalue weighted by Crippen LogP contribution is -2.23. The van der Waals surface area contributed by atoms with E-state index in [0.29, 0.717) is 11.3 Å². The molecule has 0 bridgehead atoms. The molecule has 0 atom stereocenters. The molecule has 92 valence electrons. The third-order valence-electron chi connectivity index (χ3n) is 2.52. The van der Waals surface area contributed by atoms with Gasteiger partial charge in [-0.1, -0.05) is 6.07 Å². The molecular weight excluding hydrogens is 230 g/mol. The SMILES string of the molecule is Cn1cccc(NC(=O)c2cccc(N)c2)c1=O. The second-order valence-electron chi connectivity index (χ2n) is 3.92. The Hall–Kier alpha value is -2.56. The summed E-state index contributed by atoms with van der Waals surface area (Å²) in [6, 6.07) is 9.83. The molecule has 1 amide bonds. The second-order valence-corrected chi connectivity index (χ2v) is 3.92. The number of pyridine rings is 1. The number of nitrogens with one attached hydrogen (secondary N) is 1. The first-order chi connectivity index (χ1) is 8.58. The van der Waals surface area contributed by atoms with Crippen LogP contribution in [0.4, 0.5) is 11.4 Å². The summed E-state index contributed by atoms with van der Waals surface area (Å²) in [5.41, 5.74) is 6.51. The molecule has 1 aromatic carbocycles. The lowest BCUT2D eigenvalue weighted by atomic mass is 10.2. The third kappa shape index (κ3) is 2.40. The topological polar surface area (TPSA) is 77.1 Å². The maximum Gasteiger partial charge on any atom is 0.274 e. The Bertz CT molecular complexity index is 647. The molecule has 0 unspecified atom stereocenters. The summed E-state index contributed by atoms with van der Waals surface area (Å²) in [6.07, 6.45) is 1.62. The van der Waals surface area contributed by atoms with Gasteiger partial charge in [0.2, 0.25) is 0 Å². The normalized spacial score (nSPS) is 10.1. The Labute approximate surface area is 104 Å². The van der Waals surface area contributed by atoms with Gasteiger partial charge in [-0.15, -0.1) is 0 Å². The minimum atomic E-state index is -0.356. The van der Waals surface area contributed by atoms with Crippen molar-refractivity contribution in [3.05, 3.63) is 58.5 Å². The maximum atomic E-state index is 11.9. The summed E-state index contributed by atoms with van der Waals surface area (Å²) in [7, 11) is 1.62. The van der Waals surface area contributed by atoms with Crippen molar-refractivity contribution in [1.29, 1.82) is 0 Å². The number of carbonyl (C=O) groups is 1. The number of nitrogens with two attached hydrogens (primary N) is 1. The summed E-state index contributed by atoms with van der Waals surface area (Å²) >= 11 is 0. The number of nitrogen functional groups attached to an aromatic ring is 1. The standard InChI is InChI=1S/C13H13N3O2/c1-16-7-3-6-11(13(16)18)15-12(17)9-4-2-5-10(14)8-9/h2-8H,14H2,1H3,(H,15,17). The zero-order valence-electron chi connectivity index (χ0n) is 9.88. The molecule has 18 heavy (non-hydrogen) atoms. The summed E-state index contributed by atoms with van der Waals surface area (Å²) in [4.78, 5) is 23.6. The van der Waals surface area contributed by atoms with Crippen LogP contribution in [0.25, 0.3) is 0 Å². The van der Waals surface area contributed by atoms with E-state index in [1.165, 1.54) is 4.57 Å². The lowest BCUT2D eigenvalue weighted by molar-refractivity contribution is 0.102. The van der Waals surface area contributed by atoms with Gasteiger partial charge in [-0.3, -0.25) is 9.59 Å². The van der Waals surface area contributed by atoms with Gasteiger partial charge in [-0.25, -0.2) is 0 Å². The molecule has 0 aliphatic carbocycles. The van der Waals surface area contributed by atoms with E-state index >= 15 is 0 Å². The minimum absolute atomic E-state index is 0.243. The van der Waals surface area contributed by atoms with Crippen LogP contribution in [0.1, 0.15) is 10.4 Å². The molecule has 0 saturated carbocycles. The molecule has 1 heterocycles. The van der Waals surface area contributed by atoms with Crippen LogP contribution in [0, 0.1) is 0 Å². The summed E-state index contributed by atoms with van der Waals surface area (Å²) in [5.74, 6) is -0.356. The van der Waals surface area contributed by atoms with E-state index in [4.69, 9.17) is 5.73 Å². The van der Waals surface area contributed by atoms with E-state index in [-0.39, 0.29) is 17.2 Å². The van der Waals surface area contributed by atoms with Crippen molar-refractivity contribution in [1.82, 2.24) is 4.57 Å². The van der Waals surface area contributed by atoms with Crippen molar-refractivity contribution in [3.63, 3.8) is 0 Å². The molecule has 5 heteroatoms. The Morgan fingerprint density at radius 2 is 2.06 bits per heavy atom. The molecule has 3 N–H and O–H groups in total. The Balaban J connectivity index is 2.27. The van der Waals surface area contributed by atoms with Crippen LogP contribution < -0.4 is 16.6 Å². The highest BCUT2D eigenvalue weighted by atomic mass is 16.2. The van der Waals surface area contributed by atoms with Crippen LogP contribution >= 0.6 is 0 Å². The maximum absolute atomic E-state index is 11.9. The highest BCUT2D eigenvalue weighted by Crippen LogP contribution is 2.08. The van der Waals surface area contributed by atoms with Crippen LogP contribution in [0.2, 0.25) is 0 Å². The van der Waals surface area contributed by atoms with Gasteiger partial charge in [-0.2, -0.15) is 0 Å². The van der Waals surface area contributed by atoms with E-state index in [2.05, 4.69) is 5.32 Å². The lowest BCUT2D eigenvalue weighted by Gasteiger charge is -2.06. The van der Waals surface area contributed by atoms with Gasteiger partial charge < -0.3 is 15.6 Å². The van der Waals surface area contributed by atoms with E-state index < -0.39 is 0 Å². The minimum Gasteiger partial charge on any atom is -0.399 e. The monoisotopic (exact) mass is 243 g/mol. The molecule has 0 spiro atoms. The quantitative estimate of drug-likeness (QED) is 0.778. The van der Waals surface area contributed by atoms with Crippen LogP contribution in [-0.4, -0.2) is 10.5 Å². The number of anilines is 2. The van der Waals surface area contributed by atoms with E-state index in [1.54, 1.807) is 49.6 Å². The second kappa shape index (κ2) is 4.75. The number of carbonyl (C=O) groups excluding carboxylic acids is 1. The van der Waals surface area contributed by atoms with Crippen molar-refractivity contribution in [2.24, 2.45) is 7.05 Å². The third-order valence-corrected chi connectivity index (χ3v) is 2.52. The van der Waals surface area contributed by atoms with Gasteiger partial charge in [0.05, 0.1) is 0 Å². The summed E-state index contributed by atoms with van der Waals surface area (Å²) < 4.78 is 1.40. The molecule has 0 saturated heterocycles. The number of hydrogen-bond acceptors (Lipinski definition) is 3. The van der Waals surface area contributed by atoms with Crippen molar-refractivity contribution in [2.75, 3.05) is 11.1 Å². The summed E-state index contributed by atoms with van der Waals surface area (Å²) in [5, 5.41) is 2.57. The average Bonchev–Trinajstić information content (AvgIpc) is 2.35. The van der Waals surface area contributed by atoms with Gasteiger partial charge in [-0.05, 0) is 30.3 Å². The number of benzene rings is 1. The Kier molecular flexibility index (Phi) is 3.14. The first-order valence-corrected chi connectivity index (χ1v) is 5.40. The molecule has 2 rings (SSSR count). The first-order valence-electron chi connectivity index (χ1n) is 5.40. The van der Waals surface area contributed by atoms with Gasteiger partial charge >= 0.3 is 0 Å². The van der Waals surface area contributed by atoms with E-state index in [0.717, 1.165) is 0 Å². The molecule has 5 nitrogen and oxygen atoms in total.